The van der Waals surface area contributed by atoms with Crippen molar-refractivity contribution in [3.05, 3.63) is 30.6 Å². The number of piperidine rings is 1. The standard InChI is InChI=1S/C25H33N5O4/c1-16-13-28(25(32)34-21-8-10-24(33-4)27(3)15-21)23-11-18(5-9-22(23)30(16)17(2)31)19-12-26-29(14-19)20-6-7-20/h5,9,11-12,14,16,20-21,24H,6-8,10,13,15H2,1-4H3/t16-,21?,24?/m0/s1. The Morgan fingerprint density at radius 3 is 2.53 bits per heavy atom. The number of benzene rings is 1. The fourth-order valence-corrected chi connectivity index (χ4v) is 5.16. The number of anilines is 2. The molecule has 0 bridgehead atoms. The Hall–Kier alpha value is -2.91. The number of hydrogen-bond acceptors (Lipinski definition) is 6. The fourth-order valence-electron chi connectivity index (χ4n) is 5.16. The average molecular weight is 468 g/mol. The van der Waals surface area contributed by atoms with E-state index >= 15 is 0 Å². The number of fused-ring (bicyclic) bond motifs is 1. The van der Waals surface area contributed by atoms with Crippen LogP contribution < -0.4 is 9.80 Å². The Bertz CT molecular complexity index is 1080. The molecule has 182 valence electrons. The SMILES string of the molecule is COC1CCC(OC(=O)N2C[C@H](C)N(C(C)=O)c3ccc(-c4cnn(C5CC5)c4)cc32)CN1C. The lowest BCUT2D eigenvalue weighted by molar-refractivity contribution is -0.117. The van der Waals surface area contributed by atoms with E-state index in [1.54, 1.807) is 23.8 Å². The van der Waals surface area contributed by atoms with Crippen molar-refractivity contribution < 1.29 is 19.1 Å². The van der Waals surface area contributed by atoms with Crippen molar-refractivity contribution in [2.45, 2.75) is 63.9 Å². The van der Waals surface area contributed by atoms with Crippen LogP contribution in [0.4, 0.5) is 16.2 Å². The van der Waals surface area contributed by atoms with Gasteiger partial charge >= 0.3 is 6.09 Å². The first-order valence-electron chi connectivity index (χ1n) is 12.0. The topological polar surface area (TPSA) is 80.1 Å². The van der Waals surface area contributed by atoms with Crippen LogP contribution in [-0.4, -0.2) is 72.3 Å². The molecular weight excluding hydrogens is 434 g/mol. The van der Waals surface area contributed by atoms with Crippen LogP contribution in [0.1, 0.15) is 45.6 Å². The van der Waals surface area contributed by atoms with Gasteiger partial charge in [-0.25, -0.2) is 4.79 Å². The Kier molecular flexibility index (Phi) is 6.07. The van der Waals surface area contributed by atoms with Gasteiger partial charge in [-0.15, -0.1) is 0 Å². The first-order valence-corrected chi connectivity index (χ1v) is 12.0. The molecule has 2 amide bonds. The summed E-state index contributed by atoms with van der Waals surface area (Å²) in [6.07, 6.45) is 7.28. The van der Waals surface area contributed by atoms with E-state index in [1.807, 2.05) is 43.0 Å². The third-order valence-corrected chi connectivity index (χ3v) is 7.09. The van der Waals surface area contributed by atoms with Gasteiger partial charge in [0.1, 0.15) is 12.3 Å². The monoisotopic (exact) mass is 467 g/mol. The van der Waals surface area contributed by atoms with Crippen molar-refractivity contribution in [3.8, 4) is 11.1 Å². The Morgan fingerprint density at radius 2 is 1.85 bits per heavy atom. The first-order chi connectivity index (χ1) is 16.4. The summed E-state index contributed by atoms with van der Waals surface area (Å²) in [5.74, 6) is -0.0458. The second-order valence-corrected chi connectivity index (χ2v) is 9.71. The summed E-state index contributed by atoms with van der Waals surface area (Å²) < 4.78 is 13.4. The third-order valence-electron chi connectivity index (χ3n) is 7.09. The lowest BCUT2D eigenvalue weighted by atomic mass is 10.0. The van der Waals surface area contributed by atoms with Crippen LogP contribution in [0.2, 0.25) is 0 Å². The summed E-state index contributed by atoms with van der Waals surface area (Å²) >= 11 is 0. The second-order valence-electron chi connectivity index (χ2n) is 9.71. The molecule has 1 aromatic heterocycles. The summed E-state index contributed by atoms with van der Waals surface area (Å²) in [5.41, 5.74) is 3.37. The summed E-state index contributed by atoms with van der Waals surface area (Å²) in [6.45, 7) is 4.52. The van der Waals surface area contributed by atoms with Crippen molar-refractivity contribution in [3.63, 3.8) is 0 Å². The van der Waals surface area contributed by atoms with Crippen molar-refractivity contribution >= 4 is 23.4 Å². The smallest absolute Gasteiger partial charge is 0.414 e. The van der Waals surface area contributed by atoms with Crippen LogP contribution in [-0.2, 0) is 14.3 Å². The molecule has 1 saturated heterocycles. The number of hydrogen-bond donors (Lipinski definition) is 0. The quantitative estimate of drug-likeness (QED) is 0.683. The largest absolute Gasteiger partial charge is 0.444 e. The van der Waals surface area contributed by atoms with Crippen molar-refractivity contribution in [2.24, 2.45) is 0 Å². The van der Waals surface area contributed by atoms with E-state index in [-0.39, 0.29) is 30.4 Å². The van der Waals surface area contributed by atoms with Crippen molar-refractivity contribution in [1.82, 2.24) is 14.7 Å². The minimum atomic E-state index is -0.378. The van der Waals surface area contributed by atoms with Gasteiger partial charge in [-0.1, -0.05) is 6.07 Å². The van der Waals surface area contributed by atoms with E-state index in [2.05, 4.69) is 16.2 Å². The van der Waals surface area contributed by atoms with Gasteiger partial charge in [-0.3, -0.25) is 19.3 Å². The van der Waals surface area contributed by atoms with Crippen molar-refractivity contribution in [2.75, 3.05) is 37.0 Å². The van der Waals surface area contributed by atoms with Gasteiger partial charge in [-0.2, -0.15) is 5.10 Å². The summed E-state index contributed by atoms with van der Waals surface area (Å²) in [6, 6.07) is 6.23. The van der Waals surface area contributed by atoms with Gasteiger partial charge in [-0.05, 0) is 57.4 Å². The maximum atomic E-state index is 13.4. The average Bonchev–Trinajstić information content (AvgIpc) is 3.54. The number of ether oxygens (including phenoxy) is 2. The molecule has 3 atom stereocenters. The molecule has 9 heteroatoms. The maximum absolute atomic E-state index is 13.4. The van der Waals surface area contributed by atoms with Crippen LogP contribution in [0.25, 0.3) is 11.1 Å². The molecule has 2 aliphatic heterocycles. The van der Waals surface area contributed by atoms with E-state index in [1.165, 1.54) is 0 Å². The number of amides is 2. The van der Waals surface area contributed by atoms with E-state index in [0.717, 1.165) is 42.5 Å². The molecule has 1 aliphatic carbocycles. The Labute approximate surface area is 200 Å². The van der Waals surface area contributed by atoms with Gasteiger partial charge in [0.25, 0.3) is 0 Å². The number of carbonyl (C=O) groups excluding carboxylic acids is 2. The second kappa shape index (κ2) is 9.03. The highest BCUT2D eigenvalue weighted by atomic mass is 16.6. The van der Waals surface area contributed by atoms with Gasteiger partial charge in [0.05, 0.1) is 29.7 Å². The number of carbonyl (C=O) groups is 2. The molecule has 2 fully saturated rings. The zero-order chi connectivity index (χ0) is 24.0. The highest BCUT2D eigenvalue weighted by Crippen LogP contribution is 2.40. The summed E-state index contributed by atoms with van der Waals surface area (Å²) in [4.78, 5) is 31.4. The molecule has 3 heterocycles. The van der Waals surface area contributed by atoms with E-state index < -0.39 is 0 Å². The molecule has 0 radical (unpaired) electrons. The summed E-state index contributed by atoms with van der Waals surface area (Å²) in [7, 11) is 3.68. The zero-order valence-corrected chi connectivity index (χ0v) is 20.3. The molecule has 1 saturated carbocycles. The Morgan fingerprint density at radius 1 is 1.06 bits per heavy atom. The van der Waals surface area contributed by atoms with Gasteiger partial charge in [0, 0.05) is 38.9 Å². The number of likely N-dealkylation sites (tertiary alicyclic amines) is 1. The number of nitrogens with zero attached hydrogens (tertiary/aromatic N) is 5. The molecule has 34 heavy (non-hydrogen) atoms. The van der Waals surface area contributed by atoms with E-state index in [4.69, 9.17) is 9.47 Å². The molecule has 9 nitrogen and oxygen atoms in total. The zero-order valence-electron chi connectivity index (χ0n) is 20.3. The third kappa shape index (κ3) is 4.30. The van der Waals surface area contributed by atoms with Gasteiger partial charge < -0.3 is 14.4 Å². The van der Waals surface area contributed by atoms with E-state index in [9.17, 15) is 9.59 Å². The molecular formula is C25H33N5O4. The van der Waals surface area contributed by atoms with Crippen LogP contribution in [0.5, 0.6) is 0 Å². The molecule has 5 rings (SSSR count). The number of methoxy groups -OCH3 is 1. The van der Waals surface area contributed by atoms with Crippen LogP contribution in [0.15, 0.2) is 30.6 Å². The minimum Gasteiger partial charge on any atom is -0.444 e. The Balaban J connectivity index is 1.43. The summed E-state index contributed by atoms with van der Waals surface area (Å²) in [5, 5.41) is 4.51. The predicted octanol–water partition coefficient (Wildman–Crippen LogP) is 3.65. The highest BCUT2D eigenvalue weighted by Gasteiger charge is 2.36. The maximum Gasteiger partial charge on any atom is 0.414 e. The van der Waals surface area contributed by atoms with Gasteiger partial charge in [0.2, 0.25) is 5.91 Å². The van der Waals surface area contributed by atoms with Crippen LogP contribution in [0, 0.1) is 0 Å². The van der Waals surface area contributed by atoms with Crippen molar-refractivity contribution in [1.29, 1.82) is 0 Å². The molecule has 0 N–H and O–H groups in total. The minimum absolute atomic E-state index is 0.0458. The van der Waals surface area contributed by atoms with Crippen LogP contribution in [0.3, 0.4) is 0 Å². The normalized spacial score (nSPS) is 25.2. The molecule has 3 aliphatic rings. The number of likely N-dealkylation sites (N-methyl/N-ethyl adjacent to an activating group) is 1. The van der Waals surface area contributed by atoms with E-state index in [0.29, 0.717) is 24.8 Å². The van der Waals surface area contributed by atoms with Crippen LogP contribution >= 0.6 is 0 Å². The lowest BCUT2D eigenvalue weighted by Gasteiger charge is -2.41. The number of aromatic nitrogens is 2. The van der Waals surface area contributed by atoms with Gasteiger partial charge in [0.15, 0.2) is 0 Å². The predicted molar refractivity (Wildman–Crippen MR) is 129 cm³/mol. The molecule has 2 unspecified atom stereocenters. The highest BCUT2D eigenvalue weighted by molar-refractivity contribution is 6.03. The number of rotatable bonds is 4. The first kappa shape index (κ1) is 22.9. The molecule has 1 aromatic carbocycles. The molecule has 2 aromatic rings. The lowest BCUT2D eigenvalue weighted by Crippen LogP contribution is -2.53. The fraction of sp³-hybridized carbons (Fsp3) is 0.560. The molecule has 0 spiro atoms.